The van der Waals surface area contributed by atoms with Gasteiger partial charge in [0, 0.05) is 6.54 Å². The van der Waals surface area contributed by atoms with E-state index >= 15 is 0 Å². The van der Waals surface area contributed by atoms with Crippen LogP contribution in [-0.4, -0.2) is 9.55 Å². The Labute approximate surface area is 105 Å². The fraction of sp³-hybridized carbons (Fsp3) is 0.462. The van der Waals surface area contributed by atoms with Crippen LogP contribution in [0, 0.1) is 16.5 Å². The van der Waals surface area contributed by atoms with Crippen molar-refractivity contribution in [3.05, 3.63) is 28.8 Å². The lowest BCUT2D eigenvalue weighted by molar-refractivity contribution is 0.422. The van der Waals surface area contributed by atoms with Gasteiger partial charge in [-0.25, -0.2) is 4.39 Å². The predicted molar refractivity (Wildman–Crippen MR) is 71.2 cm³/mol. The Kier molecular flexibility index (Phi) is 3.62. The van der Waals surface area contributed by atoms with Crippen LogP contribution in [-0.2, 0) is 6.54 Å². The molecule has 2 aromatic rings. The van der Waals surface area contributed by atoms with E-state index in [0.717, 1.165) is 30.4 Å². The third-order valence-electron chi connectivity index (χ3n) is 3.33. The zero-order chi connectivity index (χ0) is 12.4. The standard InChI is InChI=1S/C13H17FN2S/c1-3-9(4-2)8-16-12-6-5-10(14)7-11(12)15-13(16)17/h5-7,9H,3-4,8H2,1-2H3,(H,15,17). The number of rotatable bonds is 4. The Balaban J connectivity index is 2.46. The molecule has 2 nitrogen and oxygen atoms in total. The maximum absolute atomic E-state index is 13.1. The van der Waals surface area contributed by atoms with Gasteiger partial charge in [-0.3, -0.25) is 0 Å². The number of H-pyrrole nitrogens is 1. The van der Waals surface area contributed by atoms with Gasteiger partial charge in [0.2, 0.25) is 0 Å². The Hall–Kier alpha value is -1.16. The van der Waals surface area contributed by atoms with Crippen molar-refractivity contribution >= 4 is 23.3 Å². The highest BCUT2D eigenvalue weighted by Gasteiger charge is 2.09. The first kappa shape index (κ1) is 12.3. The van der Waals surface area contributed by atoms with Crippen LogP contribution in [0.25, 0.3) is 11.0 Å². The SMILES string of the molecule is CCC(CC)Cn1c(=S)[nH]c2cc(F)ccc21. The maximum Gasteiger partial charge on any atom is 0.178 e. The van der Waals surface area contributed by atoms with Gasteiger partial charge >= 0.3 is 0 Å². The van der Waals surface area contributed by atoms with E-state index in [2.05, 4.69) is 23.4 Å². The zero-order valence-electron chi connectivity index (χ0n) is 10.2. The molecule has 0 aliphatic carbocycles. The van der Waals surface area contributed by atoms with Crippen LogP contribution in [0.3, 0.4) is 0 Å². The number of nitrogens with zero attached hydrogens (tertiary/aromatic N) is 1. The summed E-state index contributed by atoms with van der Waals surface area (Å²) in [5.41, 5.74) is 1.77. The van der Waals surface area contributed by atoms with Crippen molar-refractivity contribution < 1.29 is 4.39 Å². The largest absolute Gasteiger partial charge is 0.330 e. The van der Waals surface area contributed by atoms with E-state index in [1.807, 2.05) is 0 Å². The molecule has 0 fully saturated rings. The van der Waals surface area contributed by atoms with Crippen molar-refractivity contribution in [2.24, 2.45) is 5.92 Å². The van der Waals surface area contributed by atoms with Gasteiger partial charge in [-0.2, -0.15) is 0 Å². The first-order valence-corrected chi connectivity index (χ1v) is 6.44. The second-order valence-corrected chi connectivity index (χ2v) is 4.77. The van der Waals surface area contributed by atoms with Crippen LogP contribution in [0.1, 0.15) is 26.7 Å². The highest BCUT2D eigenvalue weighted by molar-refractivity contribution is 7.71. The fourth-order valence-corrected chi connectivity index (χ4v) is 2.41. The molecule has 17 heavy (non-hydrogen) atoms. The Morgan fingerprint density at radius 3 is 2.71 bits per heavy atom. The van der Waals surface area contributed by atoms with E-state index in [1.54, 1.807) is 6.07 Å². The van der Waals surface area contributed by atoms with Gasteiger partial charge in [0.15, 0.2) is 4.77 Å². The molecule has 0 radical (unpaired) electrons. The quantitative estimate of drug-likeness (QED) is 0.806. The molecule has 0 bridgehead atoms. The van der Waals surface area contributed by atoms with Crippen LogP contribution < -0.4 is 0 Å². The second kappa shape index (κ2) is 5.00. The predicted octanol–water partition coefficient (Wildman–Crippen LogP) is 4.27. The third-order valence-corrected chi connectivity index (χ3v) is 3.65. The lowest BCUT2D eigenvalue weighted by Gasteiger charge is -2.13. The van der Waals surface area contributed by atoms with E-state index < -0.39 is 0 Å². The molecule has 0 saturated carbocycles. The molecule has 0 unspecified atom stereocenters. The minimum atomic E-state index is -0.233. The lowest BCUT2D eigenvalue weighted by atomic mass is 10.0. The second-order valence-electron chi connectivity index (χ2n) is 4.38. The van der Waals surface area contributed by atoms with E-state index in [-0.39, 0.29) is 5.82 Å². The Morgan fingerprint density at radius 1 is 1.35 bits per heavy atom. The van der Waals surface area contributed by atoms with Gasteiger partial charge in [0.25, 0.3) is 0 Å². The summed E-state index contributed by atoms with van der Waals surface area (Å²) in [6.45, 7) is 5.27. The minimum Gasteiger partial charge on any atom is -0.330 e. The summed E-state index contributed by atoms with van der Waals surface area (Å²) < 4.78 is 15.9. The van der Waals surface area contributed by atoms with E-state index in [9.17, 15) is 4.39 Å². The van der Waals surface area contributed by atoms with E-state index in [1.165, 1.54) is 12.1 Å². The average Bonchev–Trinajstić information content (AvgIpc) is 2.61. The smallest absolute Gasteiger partial charge is 0.178 e. The molecule has 1 aromatic heterocycles. The molecule has 1 aromatic carbocycles. The first-order chi connectivity index (χ1) is 8.15. The number of aromatic amines is 1. The lowest BCUT2D eigenvalue weighted by Crippen LogP contribution is -2.09. The molecule has 92 valence electrons. The van der Waals surface area contributed by atoms with E-state index in [4.69, 9.17) is 12.2 Å². The van der Waals surface area contributed by atoms with Crippen molar-refractivity contribution in [3.8, 4) is 0 Å². The number of fused-ring (bicyclic) bond motifs is 1. The normalized spacial score (nSPS) is 11.5. The van der Waals surface area contributed by atoms with Gasteiger partial charge in [-0.1, -0.05) is 26.7 Å². The number of aromatic nitrogens is 2. The van der Waals surface area contributed by atoms with Gasteiger partial charge < -0.3 is 9.55 Å². The molecule has 0 aliphatic heterocycles. The number of hydrogen-bond acceptors (Lipinski definition) is 1. The highest BCUT2D eigenvalue weighted by Crippen LogP contribution is 2.19. The van der Waals surface area contributed by atoms with Crippen LogP contribution in [0.2, 0.25) is 0 Å². The number of benzene rings is 1. The van der Waals surface area contributed by atoms with Crippen molar-refractivity contribution in [1.82, 2.24) is 9.55 Å². The molecule has 0 saturated heterocycles. The molecular weight excluding hydrogens is 235 g/mol. The van der Waals surface area contributed by atoms with Crippen LogP contribution in [0.5, 0.6) is 0 Å². The minimum absolute atomic E-state index is 0.233. The summed E-state index contributed by atoms with van der Waals surface area (Å²) in [6, 6.07) is 4.77. The maximum atomic E-state index is 13.1. The van der Waals surface area contributed by atoms with Gasteiger partial charge in [-0.05, 0) is 36.3 Å². The van der Waals surface area contributed by atoms with Crippen molar-refractivity contribution in [3.63, 3.8) is 0 Å². The van der Waals surface area contributed by atoms with Crippen LogP contribution in [0.4, 0.5) is 4.39 Å². The summed E-state index contributed by atoms with van der Waals surface area (Å²) in [5.74, 6) is 0.384. The fourth-order valence-electron chi connectivity index (χ4n) is 2.12. The summed E-state index contributed by atoms with van der Waals surface area (Å²) in [6.07, 6.45) is 2.26. The van der Waals surface area contributed by atoms with E-state index in [0.29, 0.717) is 10.7 Å². The summed E-state index contributed by atoms with van der Waals surface area (Å²) in [7, 11) is 0. The summed E-state index contributed by atoms with van der Waals surface area (Å²) in [4.78, 5) is 3.06. The molecule has 4 heteroatoms. The molecule has 0 atom stereocenters. The molecule has 2 rings (SSSR count). The highest BCUT2D eigenvalue weighted by atomic mass is 32.1. The number of hydrogen-bond donors (Lipinski definition) is 1. The van der Waals surface area contributed by atoms with Crippen molar-refractivity contribution in [2.75, 3.05) is 0 Å². The monoisotopic (exact) mass is 252 g/mol. The van der Waals surface area contributed by atoms with Crippen molar-refractivity contribution in [2.45, 2.75) is 33.2 Å². The van der Waals surface area contributed by atoms with Crippen molar-refractivity contribution in [1.29, 1.82) is 0 Å². The molecule has 1 N–H and O–H groups in total. The summed E-state index contributed by atoms with van der Waals surface area (Å²) >= 11 is 5.30. The topological polar surface area (TPSA) is 20.7 Å². The molecular formula is C13H17FN2S. The van der Waals surface area contributed by atoms with Crippen LogP contribution >= 0.6 is 12.2 Å². The summed E-state index contributed by atoms with van der Waals surface area (Å²) in [5, 5.41) is 0. The third kappa shape index (κ3) is 2.41. The van der Waals surface area contributed by atoms with Crippen LogP contribution in [0.15, 0.2) is 18.2 Å². The zero-order valence-corrected chi connectivity index (χ0v) is 11.0. The molecule has 0 spiro atoms. The number of nitrogens with one attached hydrogen (secondary N) is 1. The van der Waals surface area contributed by atoms with Gasteiger partial charge in [-0.15, -0.1) is 0 Å². The van der Waals surface area contributed by atoms with Gasteiger partial charge in [0.1, 0.15) is 5.82 Å². The molecule has 0 aliphatic rings. The van der Waals surface area contributed by atoms with Gasteiger partial charge in [0.05, 0.1) is 11.0 Å². The number of halogens is 1. The molecule has 1 heterocycles. The molecule has 0 amide bonds. The Morgan fingerprint density at radius 2 is 2.06 bits per heavy atom. The number of imidazole rings is 1. The Bertz CT molecular complexity index is 566. The first-order valence-electron chi connectivity index (χ1n) is 6.03. The average molecular weight is 252 g/mol.